The maximum atomic E-state index is 5.32. The molecule has 12 heteroatoms. The molecule has 0 amide bonds. The summed E-state index contributed by atoms with van der Waals surface area (Å²) in [6.45, 7) is 18.2. The molecule has 0 saturated carbocycles. The number of fused-ring (bicyclic) bond motifs is 9. The van der Waals surface area contributed by atoms with Crippen molar-refractivity contribution in [3.63, 3.8) is 0 Å². The van der Waals surface area contributed by atoms with Gasteiger partial charge in [0.15, 0.2) is 0 Å². The van der Waals surface area contributed by atoms with Crippen molar-refractivity contribution in [2.45, 2.75) is 80.1 Å². The highest BCUT2D eigenvalue weighted by Crippen LogP contribution is 2.37. The zero-order valence-electron chi connectivity index (χ0n) is 32.6. The molecule has 12 nitrogen and oxygen atoms in total. The van der Waals surface area contributed by atoms with E-state index in [-0.39, 0.29) is 0 Å². The van der Waals surface area contributed by atoms with Crippen LogP contribution in [0.1, 0.15) is 80.1 Å². The molecule has 7 rings (SSSR count). The van der Waals surface area contributed by atoms with Gasteiger partial charge >= 0.3 is 0 Å². The largest absolute Gasteiger partial charge is 0.383 e. The number of hydrogen-bond donors (Lipinski definition) is 6. The minimum atomic E-state index is 0.658. The van der Waals surface area contributed by atoms with Crippen molar-refractivity contribution >= 4 is 100 Å². The second kappa shape index (κ2) is 16.7. The summed E-state index contributed by atoms with van der Waals surface area (Å²) in [4.78, 5) is 31.9. The lowest BCUT2D eigenvalue weighted by atomic mass is 10.1. The number of nitrogens with zero attached hydrogens (tertiary/aromatic N) is 6. The van der Waals surface area contributed by atoms with Crippen molar-refractivity contribution in [1.29, 1.82) is 0 Å². The van der Waals surface area contributed by atoms with E-state index in [4.69, 9.17) is 29.9 Å². The lowest BCUT2D eigenvalue weighted by molar-refractivity contribution is 0.967. The molecule has 282 valence electrons. The molecule has 0 spiro atoms. The van der Waals surface area contributed by atoms with Crippen LogP contribution in [0.4, 0.5) is 34.1 Å². The van der Waals surface area contributed by atoms with Gasteiger partial charge in [0.05, 0.1) is 67.2 Å². The average Bonchev–Trinajstić information content (AvgIpc) is 3.19. The summed E-state index contributed by atoms with van der Waals surface area (Å²) >= 11 is 0. The second-order valence-corrected chi connectivity index (χ2v) is 14.0. The molecule has 0 bridgehead atoms. The van der Waals surface area contributed by atoms with Crippen LogP contribution in [0.5, 0.6) is 0 Å². The Morgan fingerprint density at radius 1 is 0.278 bits per heavy atom. The van der Waals surface area contributed by atoms with Crippen LogP contribution in [0.15, 0.2) is 36.4 Å². The third-order valence-electron chi connectivity index (χ3n) is 9.48. The van der Waals surface area contributed by atoms with Crippen LogP contribution in [0.2, 0.25) is 0 Å². The van der Waals surface area contributed by atoms with E-state index in [1.807, 2.05) is 0 Å². The molecule has 0 unspecified atom stereocenters. The Bertz CT molecular complexity index is 1980. The van der Waals surface area contributed by atoms with Gasteiger partial charge in [-0.3, -0.25) is 0 Å². The highest BCUT2D eigenvalue weighted by Gasteiger charge is 2.21. The van der Waals surface area contributed by atoms with Gasteiger partial charge in [-0.2, -0.15) is 0 Å². The SMILES string of the molecule is CCCNc1cc2nc3c4nc5cc(NCCC)c(NCCC)cc5nc4c4nc5cc(NCCC)c(NCCC)cc5nc4c3nc2cc1NCCC. The van der Waals surface area contributed by atoms with Crippen LogP contribution in [-0.4, -0.2) is 69.2 Å². The molecule has 3 heterocycles. The molecule has 54 heavy (non-hydrogen) atoms. The zero-order chi connectivity index (χ0) is 37.6. The maximum Gasteiger partial charge on any atom is 0.120 e. The van der Waals surface area contributed by atoms with Crippen LogP contribution in [0.3, 0.4) is 0 Å². The van der Waals surface area contributed by atoms with Gasteiger partial charge in [0.1, 0.15) is 33.1 Å². The molecule has 4 aromatic carbocycles. The van der Waals surface area contributed by atoms with Gasteiger partial charge < -0.3 is 31.9 Å². The summed E-state index contributed by atoms with van der Waals surface area (Å²) in [5.74, 6) is 0. The van der Waals surface area contributed by atoms with Crippen molar-refractivity contribution < 1.29 is 0 Å². The number of benzene rings is 4. The molecule has 3 aromatic heterocycles. The highest BCUT2D eigenvalue weighted by molar-refractivity contribution is 6.21. The first-order chi connectivity index (χ1) is 26.5. The van der Waals surface area contributed by atoms with Crippen LogP contribution in [0, 0.1) is 0 Å². The van der Waals surface area contributed by atoms with Crippen molar-refractivity contribution in [3.05, 3.63) is 36.4 Å². The fourth-order valence-electron chi connectivity index (χ4n) is 6.73. The van der Waals surface area contributed by atoms with Crippen LogP contribution >= 0.6 is 0 Å². The van der Waals surface area contributed by atoms with Crippen molar-refractivity contribution in [1.82, 2.24) is 29.9 Å². The second-order valence-electron chi connectivity index (χ2n) is 14.0. The Morgan fingerprint density at radius 2 is 0.426 bits per heavy atom. The van der Waals surface area contributed by atoms with Gasteiger partial charge in [-0.15, -0.1) is 0 Å². The predicted molar refractivity (Wildman–Crippen MR) is 231 cm³/mol. The molecular formula is C42H54N12. The molecule has 0 radical (unpaired) electrons. The molecule has 6 N–H and O–H groups in total. The first kappa shape index (κ1) is 36.8. The topological polar surface area (TPSA) is 150 Å². The number of hydrogen-bond acceptors (Lipinski definition) is 12. The van der Waals surface area contributed by atoms with Crippen LogP contribution in [0.25, 0.3) is 66.2 Å². The summed E-state index contributed by atoms with van der Waals surface area (Å²) in [5, 5.41) is 21.6. The Labute approximate surface area is 317 Å². The van der Waals surface area contributed by atoms with Gasteiger partial charge in [-0.25, -0.2) is 29.9 Å². The molecule has 0 aliphatic rings. The van der Waals surface area contributed by atoms with Crippen molar-refractivity contribution in [3.8, 4) is 0 Å². The first-order valence-electron chi connectivity index (χ1n) is 20.0. The van der Waals surface area contributed by atoms with Gasteiger partial charge in [0.2, 0.25) is 0 Å². The fourth-order valence-corrected chi connectivity index (χ4v) is 6.73. The van der Waals surface area contributed by atoms with E-state index in [2.05, 4.69) is 110 Å². The minimum Gasteiger partial charge on any atom is -0.383 e. The average molecular weight is 727 g/mol. The lowest BCUT2D eigenvalue weighted by Crippen LogP contribution is -2.08. The van der Waals surface area contributed by atoms with E-state index in [1.165, 1.54) is 0 Å². The Kier molecular flexibility index (Phi) is 11.4. The standard InChI is InChI=1S/C42H54N12/c1-7-13-43-25-19-31-32(20-26(25)44-14-8-2)50-38-37(49-31)39-41(53-34-22-28(46-16-10-4)27(45-15-9-3)21-33(34)51-39)42-40(38)52-35-23-29(47-17-11-5)30(48-18-12-6)24-36(35)54-42/h19-24,43-48H,7-18H2,1-6H3. The molecule has 7 aromatic rings. The van der Waals surface area contributed by atoms with E-state index < -0.39 is 0 Å². The van der Waals surface area contributed by atoms with E-state index >= 15 is 0 Å². The fraction of sp³-hybridized carbons (Fsp3) is 0.429. The number of aromatic nitrogens is 6. The molecule has 0 aliphatic carbocycles. The summed E-state index contributed by atoms with van der Waals surface area (Å²) in [7, 11) is 0. The number of nitrogens with one attached hydrogen (secondary N) is 6. The smallest absolute Gasteiger partial charge is 0.120 e. The summed E-state index contributed by atoms with van der Waals surface area (Å²) in [5.41, 5.74) is 14.7. The maximum absolute atomic E-state index is 5.32. The van der Waals surface area contributed by atoms with E-state index in [1.54, 1.807) is 0 Å². The third-order valence-corrected chi connectivity index (χ3v) is 9.48. The first-order valence-corrected chi connectivity index (χ1v) is 20.0. The van der Waals surface area contributed by atoms with Gasteiger partial charge in [-0.1, -0.05) is 41.5 Å². The van der Waals surface area contributed by atoms with Gasteiger partial charge in [0.25, 0.3) is 0 Å². The number of anilines is 6. The molecule has 0 saturated heterocycles. The molecule has 0 fully saturated rings. The highest BCUT2D eigenvalue weighted by atomic mass is 15.0. The summed E-state index contributed by atoms with van der Waals surface area (Å²) < 4.78 is 0. The summed E-state index contributed by atoms with van der Waals surface area (Å²) in [6, 6.07) is 12.6. The third kappa shape index (κ3) is 7.34. The van der Waals surface area contributed by atoms with Crippen molar-refractivity contribution in [2.75, 3.05) is 71.2 Å². The van der Waals surface area contributed by atoms with E-state index in [0.717, 1.165) is 145 Å². The Balaban J connectivity index is 1.57. The van der Waals surface area contributed by atoms with Crippen LogP contribution in [-0.2, 0) is 0 Å². The summed E-state index contributed by atoms with van der Waals surface area (Å²) in [6.07, 6.45) is 6.07. The van der Waals surface area contributed by atoms with Crippen LogP contribution < -0.4 is 31.9 Å². The molecule has 0 aliphatic heterocycles. The minimum absolute atomic E-state index is 0.658. The van der Waals surface area contributed by atoms with Crippen molar-refractivity contribution in [2.24, 2.45) is 0 Å². The number of rotatable bonds is 18. The Morgan fingerprint density at radius 3 is 0.556 bits per heavy atom. The Hall–Kier alpha value is -5.52. The van der Waals surface area contributed by atoms with E-state index in [0.29, 0.717) is 33.1 Å². The van der Waals surface area contributed by atoms with Gasteiger partial charge in [0, 0.05) is 39.3 Å². The zero-order valence-corrected chi connectivity index (χ0v) is 32.6. The lowest BCUT2D eigenvalue weighted by Gasteiger charge is -2.17. The molecular weight excluding hydrogens is 673 g/mol. The molecule has 0 atom stereocenters. The van der Waals surface area contributed by atoms with Gasteiger partial charge in [-0.05, 0) is 74.9 Å². The predicted octanol–water partition coefficient (Wildman–Crippen LogP) is 9.91. The monoisotopic (exact) mass is 726 g/mol. The quantitative estimate of drug-likeness (QED) is 0.0369. The normalized spacial score (nSPS) is 11.7. The van der Waals surface area contributed by atoms with E-state index in [9.17, 15) is 0 Å².